The van der Waals surface area contributed by atoms with Crippen molar-refractivity contribution < 1.29 is 115 Å². The van der Waals surface area contributed by atoms with Gasteiger partial charge in [-0.05, 0) is 58.0 Å². The number of halogens is 3. The van der Waals surface area contributed by atoms with E-state index in [-0.39, 0.29) is 71.6 Å². The molecule has 0 spiro atoms. The fourth-order valence-corrected chi connectivity index (χ4v) is 14.0. The number of benzene rings is 8. The number of alkyl carbamates (subject to hydrolysis) is 1. The smallest absolute Gasteiger partial charge is 0.407 e. The molecule has 0 unspecified atom stereocenters. The minimum absolute atomic E-state index is 0.00671. The van der Waals surface area contributed by atoms with Gasteiger partial charge in [0.05, 0.1) is 77.7 Å². The third-order valence-electron chi connectivity index (χ3n) is 19.3. The molecule has 0 aromatic heterocycles. The third kappa shape index (κ3) is 25.3. The highest BCUT2D eigenvalue weighted by Crippen LogP contribution is 2.40. The molecule has 115 heavy (non-hydrogen) atoms. The van der Waals surface area contributed by atoms with Gasteiger partial charge >= 0.3 is 24.0 Å². The summed E-state index contributed by atoms with van der Waals surface area (Å²) in [6.07, 6.45) is -30.3. The zero-order chi connectivity index (χ0) is 80.5. The molecule has 1 amide bonds. The average molecular weight is 1640 g/mol. The van der Waals surface area contributed by atoms with Crippen LogP contribution in [0.2, 0.25) is 0 Å². The van der Waals surface area contributed by atoms with Crippen LogP contribution in [0.4, 0.5) is 4.79 Å². The van der Waals surface area contributed by atoms with Crippen LogP contribution in [0.25, 0.3) is 0 Å². The first-order valence-electron chi connectivity index (χ1n) is 37.9. The average Bonchev–Trinajstić information content (AvgIpc) is 0.759. The Balaban J connectivity index is 1.02. The molecule has 8 aromatic rings. The topological polar surface area (TPSA) is 287 Å². The Bertz CT molecular complexity index is 4220. The van der Waals surface area contributed by atoms with Crippen LogP contribution in [0, 0.1) is 0 Å². The van der Waals surface area contributed by atoms with E-state index in [2.05, 4.69) is 5.32 Å². The number of carbonyl (C=O) groups excluding carboxylic acids is 4. The van der Waals surface area contributed by atoms with Crippen molar-refractivity contribution in [2.24, 2.45) is 0 Å². The van der Waals surface area contributed by atoms with Crippen molar-refractivity contribution in [2.45, 2.75) is 194 Å². The number of esters is 3. The number of carbonyl (C=O) groups is 4. The highest BCUT2D eigenvalue weighted by molar-refractivity contribution is 6.67. The summed E-state index contributed by atoms with van der Waals surface area (Å²) in [7, 11) is 0. The van der Waals surface area contributed by atoms with E-state index < -0.39 is 157 Å². The van der Waals surface area contributed by atoms with E-state index in [1.165, 1.54) is 13.8 Å². The number of aliphatic hydroxyl groups is 2. The van der Waals surface area contributed by atoms with Gasteiger partial charge in [0.1, 0.15) is 79.8 Å². The van der Waals surface area contributed by atoms with Gasteiger partial charge in [0.2, 0.25) is 3.79 Å². The molecule has 25 nitrogen and oxygen atoms in total. The van der Waals surface area contributed by atoms with Gasteiger partial charge < -0.3 is 101 Å². The minimum Gasteiger partial charge on any atom is -0.456 e. The first-order chi connectivity index (χ1) is 55.9. The summed E-state index contributed by atoms with van der Waals surface area (Å²) < 4.78 is 120. The van der Waals surface area contributed by atoms with Crippen molar-refractivity contribution in [2.75, 3.05) is 26.4 Å². The summed E-state index contributed by atoms with van der Waals surface area (Å²) in [4.78, 5) is 55.7. The molecule has 0 aliphatic carbocycles. The Morgan fingerprint density at radius 1 is 0.374 bits per heavy atom. The Morgan fingerprint density at radius 3 is 1.17 bits per heavy atom. The summed E-state index contributed by atoms with van der Waals surface area (Å²) in [6.45, 7) is 1.81. The van der Waals surface area contributed by atoms with Crippen LogP contribution in [-0.4, -0.2) is 187 Å². The van der Waals surface area contributed by atoms with E-state index in [1.807, 2.05) is 188 Å². The van der Waals surface area contributed by atoms with Crippen LogP contribution in [0.3, 0.4) is 0 Å². The molecular formula is C87H94Cl3NO24. The van der Waals surface area contributed by atoms with E-state index in [1.54, 1.807) is 61.5 Å². The molecule has 4 heterocycles. The van der Waals surface area contributed by atoms with Crippen molar-refractivity contribution in [3.05, 3.63) is 287 Å². The van der Waals surface area contributed by atoms with Crippen LogP contribution < -0.4 is 5.32 Å². The summed E-state index contributed by atoms with van der Waals surface area (Å²) in [5, 5.41) is 28.6. The van der Waals surface area contributed by atoms with Gasteiger partial charge in [0.15, 0.2) is 43.5 Å². The zero-order valence-electron chi connectivity index (χ0n) is 63.4. The zero-order valence-corrected chi connectivity index (χ0v) is 65.7. The molecule has 3 N–H and O–H groups in total. The number of amides is 1. The second-order valence-electron chi connectivity index (χ2n) is 27.9. The summed E-state index contributed by atoms with van der Waals surface area (Å²) in [5.41, 5.74) is 5.26. The third-order valence-corrected chi connectivity index (χ3v) is 19.6. The first kappa shape index (κ1) is 86.0. The lowest BCUT2D eigenvalue weighted by atomic mass is 9.94. The molecule has 4 aliphatic heterocycles. The Labute approximate surface area is 682 Å². The standard InChI is InChI=1S/C87H94Cl3NO24/c1-55-71(107-56(2)92)76(108-57(3)93)79(103-49-63-38-22-9-23-39-63)84(106-55)114-74-69(91-86(97)105-54-87(88,89)90)83(110-66(70(74)94)51-98-44-58-28-12-4-13-29-58)115-77-72(101-47-61-34-18-7-19-35-61)67(52-99-45-59-30-14-5-15-31-59)111-85(80(77)104-50-64-40-24-10-25-41-64)113-73-68(53-100-46-60-32-16-6-17-33-60)109-82(96)78(112-81(95)65-42-26-11-27-43-65)75(73)102-48-62-36-20-8-21-37-62/h4-43,55,66-80,82-85,94,96H,44-54H2,1-3H3,(H,91,97)/t55-,66+,67+,68+,69+,70+,71+,72-,73+,74+,75-,76+,77-,78+,79-,80+,82+,83-,84-,85-/m0/s1. The number of hydrogen-bond donors (Lipinski definition) is 3. The van der Waals surface area contributed by atoms with Gasteiger partial charge in [-0.1, -0.05) is 265 Å². The molecule has 0 bridgehead atoms. The van der Waals surface area contributed by atoms with E-state index in [9.17, 15) is 29.4 Å². The highest BCUT2D eigenvalue weighted by atomic mass is 35.6. The van der Waals surface area contributed by atoms with E-state index in [0.29, 0.717) is 22.3 Å². The second-order valence-corrected chi connectivity index (χ2v) is 30.5. The van der Waals surface area contributed by atoms with Crippen LogP contribution in [0.1, 0.15) is 70.1 Å². The second kappa shape index (κ2) is 43.2. The fourth-order valence-electron chi connectivity index (χ4n) is 13.8. The van der Waals surface area contributed by atoms with Crippen molar-refractivity contribution in [1.29, 1.82) is 0 Å². The molecule has 28 heteroatoms. The number of rotatable bonds is 36. The summed E-state index contributed by atoms with van der Waals surface area (Å²) in [5.74, 6) is -2.34. The Kier molecular flexibility index (Phi) is 32.3. The van der Waals surface area contributed by atoms with E-state index >= 15 is 0 Å². The largest absolute Gasteiger partial charge is 0.456 e. The van der Waals surface area contributed by atoms with Gasteiger partial charge in [0.25, 0.3) is 0 Å². The van der Waals surface area contributed by atoms with Crippen LogP contribution in [-0.2, 0) is 141 Å². The highest BCUT2D eigenvalue weighted by Gasteiger charge is 2.59. The van der Waals surface area contributed by atoms with Crippen molar-refractivity contribution in [3.63, 3.8) is 0 Å². The molecular weight excluding hydrogens is 1550 g/mol. The van der Waals surface area contributed by atoms with Gasteiger partial charge in [-0.2, -0.15) is 0 Å². The lowest BCUT2D eigenvalue weighted by molar-refractivity contribution is -0.389. The summed E-state index contributed by atoms with van der Waals surface area (Å²) in [6, 6.07) is 71.2. The first-order valence-corrected chi connectivity index (χ1v) is 39.0. The molecule has 612 valence electrons. The quantitative estimate of drug-likeness (QED) is 0.0187. The maximum atomic E-state index is 14.9. The monoisotopic (exact) mass is 1640 g/mol. The maximum absolute atomic E-state index is 14.9. The maximum Gasteiger partial charge on any atom is 0.407 e. The van der Waals surface area contributed by atoms with Gasteiger partial charge in [-0.15, -0.1) is 0 Å². The minimum atomic E-state index is -2.16. The number of aliphatic hydroxyl groups excluding tert-OH is 2. The lowest BCUT2D eigenvalue weighted by Gasteiger charge is -2.52. The lowest BCUT2D eigenvalue weighted by Crippen LogP contribution is -2.71. The normalized spacial score (nSPS) is 27.5. The molecule has 0 saturated carbocycles. The van der Waals surface area contributed by atoms with E-state index in [0.717, 1.165) is 16.7 Å². The molecule has 0 radical (unpaired) electrons. The molecule has 4 aliphatic rings. The summed E-state index contributed by atoms with van der Waals surface area (Å²) >= 11 is 18.8. The van der Waals surface area contributed by atoms with Gasteiger partial charge in [-0.25, -0.2) is 9.59 Å². The van der Waals surface area contributed by atoms with Crippen molar-refractivity contribution >= 4 is 58.8 Å². The molecule has 4 saturated heterocycles. The van der Waals surface area contributed by atoms with Crippen molar-refractivity contribution in [3.8, 4) is 0 Å². The molecule has 8 aromatic carbocycles. The predicted octanol–water partition coefficient (Wildman–Crippen LogP) is 12.0. The van der Waals surface area contributed by atoms with Gasteiger partial charge in [0, 0.05) is 13.8 Å². The van der Waals surface area contributed by atoms with E-state index in [4.69, 9.17) is 120 Å². The number of ether oxygens (including phenoxy) is 18. The Hall–Kier alpha value is -8.33. The van der Waals surface area contributed by atoms with Crippen LogP contribution in [0.15, 0.2) is 243 Å². The fraction of sp³-hybridized carbons (Fsp3) is 0.402. The Morgan fingerprint density at radius 2 is 0.730 bits per heavy atom. The van der Waals surface area contributed by atoms with Crippen LogP contribution >= 0.6 is 34.8 Å². The number of nitrogens with one attached hydrogen (secondary N) is 1. The number of alkyl halides is 3. The predicted molar refractivity (Wildman–Crippen MR) is 417 cm³/mol. The molecule has 4 fully saturated rings. The van der Waals surface area contributed by atoms with Gasteiger partial charge in [-0.3, -0.25) is 9.59 Å². The SMILES string of the molecule is CC(=O)O[C@H]1[C@H](OCc2ccccc2)[C@H](O[C@H]2[C@H](O)[C@@H](COCc3ccccc3)O[C@@H](O[C@H]3[C@@H](OCc4ccccc4)[C@@H](COCc4ccccc4)O[C@@H](O[C@H]4[C@H](OCc5ccccc5)[C@@H](OC(=O)c5ccccc5)[C@H](O)O[C@@H]4COCc4ccccc4)[C@@H]3OCc3ccccc3)[C@@H]2NC(=O)OCC(Cl)(Cl)Cl)O[C@@H](C)[C@H]1OC(C)=O. The van der Waals surface area contributed by atoms with Crippen LogP contribution in [0.5, 0.6) is 0 Å². The number of hydrogen-bond acceptors (Lipinski definition) is 24. The van der Waals surface area contributed by atoms with Crippen molar-refractivity contribution in [1.82, 2.24) is 5.32 Å². The molecule has 20 atom stereocenters. The molecule has 12 rings (SSSR count).